The number of rotatable bonds is 5. The van der Waals surface area contributed by atoms with Crippen molar-refractivity contribution in [2.75, 3.05) is 0 Å². The van der Waals surface area contributed by atoms with Gasteiger partial charge in [-0.1, -0.05) is 35.5 Å². The summed E-state index contributed by atoms with van der Waals surface area (Å²) in [7, 11) is 0. The van der Waals surface area contributed by atoms with E-state index in [1.54, 1.807) is 66.7 Å². The summed E-state index contributed by atoms with van der Waals surface area (Å²) < 4.78 is 7.32. The standard InChI is InChI=1S/C24H14ClN5O2S/c25-17-9-7-16(8-10-17)22-29-28-21(32-22)14-33-24-27-20-4-2-1-3-19(20)23(31)30(24)18-11-5-15(13-26)6-12-18/h1-12H,14H2. The quantitative estimate of drug-likeness (QED) is 0.255. The van der Waals surface area contributed by atoms with Gasteiger partial charge in [-0.2, -0.15) is 5.26 Å². The summed E-state index contributed by atoms with van der Waals surface area (Å²) in [6.07, 6.45) is 0. The highest BCUT2D eigenvalue weighted by Crippen LogP contribution is 2.26. The predicted molar refractivity (Wildman–Crippen MR) is 126 cm³/mol. The Kier molecular flexibility index (Phi) is 5.65. The Bertz CT molecular complexity index is 1550. The van der Waals surface area contributed by atoms with Crippen LogP contribution in [0, 0.1) is 11.3 Å². The number of benzene rings is 3. The second-order valence-electron chi connectivity index (χ2n) is 7.01. The Hall–Kier alpha value is -3.93. The molecule has 0 bridgehead atoms. The van der Waals surface area contributed by atoms with Crippen LogP contribution < -0.4 is 5.56 Å². The minimum atomic E-state index is -0.194. The lowest BCUT2D eigenvalue weighted by molar-refractivity contribution is 0.528. The van der Waals surface area contributed by atoms with Crippen LogP contribution in [0.3, 0.4) is 0 Å². The van der Waals surface area contributed by atoms with E-state index in [0.717, 1.165) is 5.56 Å². The van der Waals surface area contributed by atoms with Gasteiger partial charge < -0.3 is 4.42 Å². The fraction of sp³-hybridized carbons (Fsp3) is 0.0417. The Labute approximate surface area is 197 Å². The molecule has 0 saturated carbocycles. The van der Waals surface area contributed by atoms with Gasteiger partial charge in [-0.3, -0.25) is 9.36 Å². The molecule has 0 atom stereocenters. The number of nitrogens with zero attached hydrogens (tertiary/aromatic N) is 5. The third-order valence-electron chi connectivity index (χ3n) is 4.88. The van der Waals surface area contributed by atoms with Gasteiger partial charge in [-0.05, 0) is 60.7 Å². The molecule has 0 saturated heterocycles. The topological polar surface area (TPSA) is 97.6 Å². The first-order chi connectivity index (χ1) is 16.1. The van der Waals surface area contributed by atoms with E-state index in [1.807, 2.05) is 6.07 Å². The van der Waals surface area contributed by atoms with Gasteiger partial charge in [-0.15, -0.1) is 10.2 Å². The molecule has 2 heterocycles. The maximum atomic E-state index is 13.3. The summed E-state index contributed by atoms with van der Waals surface area (Å²) in [6, 6.07) is 23.2. The van der Waals surface area contributed by atoms with E-state index in [-0.39, 0.29) is 5.56 Å². The first kappa shape index (κ1) is 20.9. The van der Waals surface area contributed by atoms with Crippen LogP contribution in [0.2, 0.25) is 5.02 Å². The Morgan fingerprint density at radius 1 is 1.00 bits per heavy atom. The molecule has 0 amide bonds. The minimum absolute atomic E-state index is 0.194. The van der Waals surface area contributed by atoms with Crippen molar-refractivity contribution in [3.05, 3.63) is 99.6 Å². The van der Waals surface area contributed by atoms with Crippen molar-refractivity contribution >= 4 is 34.3 Å². The van der Waals surface area contributed by atoms with E-state index in [0.29, 0.717) is 49.9 Å². The molecule has 160 valence electrons. The zero-order valence-corrected chi connectivity index (χ0v) is 18.5. The van der Waals surface area contributed by atoms with Crippen molar-refractivity contribution in [1.29, 1.82) is 5.26 Å². The molecule has 0 aliphatic carbocycles. The highest BCUT2D eigenvalue weighted by atomic mass is 35.5. The van der Waals surface area contributed by atoms with Gasteiger partial charge in [0.2, 0.25) is 11.8 Å². The van der Waals surface area contributed by atoms with Crippen molar-refractivity contribution in [1.82, 2.24) is 19.7 Å². The first-order valence-corrected chi connectivity index (χ1v) is 11.2. The average Bonchev–Trinajstić information content (AvgIpc) is 3.32. The van der Waals surface area contributed by atoms with E-state index in [4.69, 9.17) is 26.3 Å². The second-order valence-corrected chi connectivity index (χ2v) is 8.39. The van der Waals surface area contributed by atoms with Gasteiger partial charge in [0.15, 0.2) is 5.16 Å². The summed E-state index contributed by atoms with van der Waals surface area (Å²) in [5, 5.41) is 18.9. The van der Waals surface area contributed by atoms with Crippen LogP contribution in [0.25, 0.3) is 28.0 Å². The fourth-order valence-electron chi connectivity index (χ4n) is 3.27. The predicted octanol–water partition coefficient (Wildman–Crippen LogP) is 5.25. The summed E-state index contributed by atoms with van der Waals surface area (Å²) in [5.74, 6) is 1.11. The summed E-state index contributed by atoms with van der Waals surface area (Å²) >= 11 is 7.25. The number of aromatic nitrogens is 4. The SMILES string of the molecule is N#Cc1ccc(-n2c(SCc3nnc(-c4ccc(Cl)cc4)o3)nc3ccccc3c2=O)cc1. The highest BCUT2D eigenvalue weighted by Gasteiger charge is 2.16. The Morgan fingerprint density at radius 2 is 1.76 bits per heavy atom. The molecule has 0 spiro atoms. The van der Waals surface area contributed by atoms with Gasteiger partial charge >= 0.3 is 0 Å². The van der Waals surface area contributed by atoms with E-state index in [1.165, 1.54) is 16.3 Å². The summed E-state index contributed by atoms with van der Waals surface area (Å²) in [4.78, 5) is 18.0. The molecular formula is C24H14ClN5O2S. The number of para-hydroxylation sites is 1. The third kappa shape index (κ3) is 4.24. The Balaban J connectivity index is 1.50. The van der Waals surface area contributed by atoms with Crippen molar-refractivity contribution in [2.24, 2.45) is 0 Å². The molecule has 0 aliphatic rings. The zero-order chi connectivity index (χ0) is 22.8. The molecule has 0 radical (unpaired) electrons. The number of hydrogen-bond acceptors (Lipinski definition) is 7. The van der Waals surface area contributed by atoms with Gasteiger partial charge in [0.1, 0.15) is 0 Å². The molecule has 2 aromatic heterocycles. The third-order valence-corrected chi connectivity index (χ3v) is 6.06. The van der Waals surface area contributed by atoms with Gasteiger partial charge in [-0.25, -0.2) is 4.98 Å². The van der Waals surface area contributed by atoms with Crippen molar-refractivity contribution in [2.45, 2.75) is 10.9 Å². The normalized spacial score (nSPS) is 10.9. The second kappa shape index (κ2) is 8.90. The number of halogens is 1. The van der Waals surface area contributed by atoms with Crippen molar-refractivity contribution in [3.63, 3.8) is 0 Å². The van der Waals surface area contributed by atoms with E-state index < -0.39 is 0 Å². The van der Waals surface area contributed by atoms with Crippen LogP contribution in [-0.4, -0.2) is 19.7 Å². The van der Waals surface area contributed by atoms with E-state index >= 15 is 0 Å². The van der Waals surface area contributed by atoms with Crippen molar-refractivity contribution < 1.29 is 4.42 Å². The molecule has 0 unspecified atom stereocenters. The molecule has 0 fully saturated rings. The molecule has 33 heavy (non-hydrogen) atoms. The number of hydrogen-bond donors (Lipinski definition) is 0. The van der Waals surface area contributed by atoms with E-state index in [9.17, 15) is 4.79 Å². The molecule has 0 N–H and O–H groups in total. The zero-order valence-electron chi connectivity index (χ0n) is 17.0. The molecule has 7 nitrogen and oxygen atoms in total. The number of thioether (sulfide) groups is 1. The maximum Gasteiger partial charge on any atom is 0.266 e. The molecule has 3 aromatic carbocycles. The van der Waals surface area contributed by atoms with E-state index in [2.05, 4.69) is 16.3 Å². The summed E-state index contributed by atoms with van der Waals surface area (Å²) in [6.45, 7) is 0. The van der Waals surface area contributed by atoms with Crippen LogP contribution in [-0.2, 0) is 5.75 Å². The fourth-order valence-corrected chi connectivity index (χ4v) is 4.24. The lowest BCUT2D eigenvalue weighted by Gasteiger charge is -2.12. The van der Waals surface area contributed by atoms with Crippen LogP contribution >= 0.6 is 23.4 Å². The van der Waals surface area contributed by atoms with Gasteiger partial charge in [0.25, 0.3) is 5.56 Å². The lowest BCUT2D eigenvalue weighted by Crippen LogP contribution is -2.21. The molecule has 9 heteroatoms. The largest absolute Gasteiger partial charge is 0.420 e. The van der Waals surface area contributed by atoms with Crippen LogP contribution in [0.15, 0.2) is 87.2 Å². The molecule has 0 aliphatic heterocycles. The maximum absolute atomic E-state index is 13.3. The highest BCUT2D eigenvalue weighted by molar-refractivity contribution is 7.98. The summed E-state index contributed by atoms with van der Waals surface area (Å²) in [5.41, 5.74) is 2.30. The smallest absolute Gasteiger partial charge is 0.266 e. The van der Waals surface area contributed by atoms with Crippen LogP contribution in [0.1, 0.15) is 11.5 Å². The van der Waals surface area contributed by atoms with Crippen LogP contribution in [0.4, 0.5) is 0 Å². The Morgan fingerprint density at radius 3 is 2.52 bits per heavy atom. The first-order valence-electron chi connectivity index (χ1n) is 9.86. The minimum Gasteiger partial charge on any atom is -0.420 e. The number of fused-ring (bicyclic) bond motifs is 1. The van der Waals surface area contributed by atoms with Gasteiger partial charge in [0.05, 0.1) is 34.0 Å². The average molecular weight is 472 g/mol. The number of nitriles is 1. The van der Waals surface area contributed by atoms with Crippen molar-refractivity contribution in [3.8, 4) is 23.2 Å². The monoisotopic (exact) mass is 471 g/mol. The molecule has 5 aromatic rings. The molecule has 5 rings (SSSR count). The lowest BCUT2D eigenvalue weighted by atomic mass is 10.2. The van der Waals surface area contributed by atoms with Crippen LogP contribution in [0.5, 0.6) is 0 Å². The van der Waals surface area contributed by atoms with Gasteiger partial charge in [0, 0.05) is 10.6 Å². The molecular weight excluding hydrogens is 458 g/mol.